The lowest BCUT2D eigenvalue weighted by Gasteiger charge is -2.06. The largest absolute Gasteiger partial charge is 0.353 e. The van der Waals surface area contributed by atoms with Crippen molar-refractivity contribution in [3.05, 3.63) is 29.3 Å². The van der Waals surface area contributed by atoms with Gasteiger partial charge in [-0.25, -0.2) is 0 Å². The molecular formula is C14H15ClN2O2. The molecule has 0 aromatic heterocycles. The molecule has 3 rings (SSSR count). The Bertz CT molecular complexity index is 528. The van der Waals surface area contributed by atoms with E-state index in [4.69, 9.17) is 11.6 Å². The van der Waals surface area contributed by atoms with Gasteiger partial charge in [-0.3, -0.25) is 9.59 Å². The summed E-state index contributed by atoms with van der Waals surface area (Å²) < 4.78 is 0. The minimum atomic E-state index is -0.213. The van der Waals surface area contributed by atoms with Gasteiger partial charge in [-0.1, -0.05) is 23.7 Å². The quantitative estimate of drug-likeness (QED) is 0.887. The minimum absolute atomic E-state index is 0.0156. The minimum Gasteiger partial charge on any atom is -0.353 e. The van der Waals surface area contributed by atoms with E-state index in [9.17, 15) is 9.59 Å². The fourth-order valence-electron chi connectivity index (χ4n) is 2.10. The Morgan fingerprint density at radius 3 is 2.47 bits per heavy atom. The molecular weight excluding hydrogens is 264 g/mol. The van der Waals surface area contributed by atoms with Crippen LogP contribution in [0.25, 0.3) is 0 Å². The van der Waals surface area contributed by atoms with E-state index in [1.807, 2.05) is 6.07 Å². The fourth-order valence-corrected chi connectivity index (χ4v) is 2.28. The number of benzene rings is 1. The van der Waals surface area contributed by atoms with Crippen molar-refractivity contribution in [2.24, 2.45) is 11.8 Å². The van der Waals surface area contributed by atoms with Crippen LogP contribution in [0.4, 0.5) is 5.69 Å². The topological polar surface area (TPSA) is 58.2 Å². The molecule has 2 unspecified atom stereocenters. The first-order valence-corrected chi connectivity index (χ1v) is 6.88. The van der Waals surface area contributed by atoms with Crippen LogP contribution in [0.1, 0.15) is 19.3 Å². The van der Waals surface area contributed by atoms with E-state index in [1.165, 1.54) is 0 Å². The van der Waals surface area contributed by atoms with Gasteiger partial charge >= 0.3 is 0 Å². The van der Waals surface area contributed by atoms with Gasteiger partial charge in [-0.05, 0) is 31.4 Å². The van der Waals surface area contributed by atoms with Crippen molar-refractivity contribution in [1.29, 1.82) is 0 Å². The van der Waals surface area contributed by atoms with E-state index in [1.54, 1.807) is 18.2 Å². The van der Waals surface area contributed by atoms with Crippen LogP contribution >= 0.6 is 11.6 Å². The van der Waals surface area contributed by atoms with Gasteiger partial charge in [0.2, 0.25) is 11.8 Å². The monoisotopic (exact) mass is 278 g/mol. The lowest BCUT2D eigenvalue weighted by molar-refractivity contribution is -0.125. The van der Waals surface area contributed by atoms with Crippen molar-refractivity contribution in [3.63, 3.8) is 0 Å². The van der Waals surface area contributed by atoms with Gasteiger partial charge in [-0.15, -0.1) is 0 Å². The number of carbonyl (C=O) groups excluding carboxylic acids is 2. The number of nitrogens with one attached hydrogen (secondary N) is 2. The number of rotatable bonds is 4. The third-order valence-electron chi connectivity index (χ3n) is 3.52. The van der Waals surface area contributed by atoms with Crippen molar-refractivity contribution >= 4 is 29.1 Å². The normalized spacial score (nSPS) is 24.7. The Morgan fingerprint density at radius 2 is 1.79 bits per heavy atom. The van der Waals surface area contributed by atoms with Gasteiger partial charge in [0.25, 0.3) is 0 Å². The smallest absolute Gasteiger partial charge is 0.228 e. The van der Waals surface area contributed by atoms with Crippen molar-refractivity contribution < 1.29 is 9.59 Å². The summed E-state index contributed by atoms with van der Waals surface area (Å²) >= 11 is 5.98. The predicted octanol–water partition coefficient (Wildman–Crippen LogP) is 2.19. The number of para-hydroxylation sites is 1. The van der Waals surface area contributed by atoms with Crippen molar-refractivity contribution in [3.8, 4) is 0 Å². The van der Waals surface area contributed by atoms with Crippen molar-refractivity contribution in [2.45, 2.75) is 25.3 Å². The van der Waals surface area contributed by atoms with Crippen LogP contribution in [-0.2, 0) is 9.59 Å². The average molecular weight is 279 g/mol. The summed E-state index contributed by atoms with van der Waals surface area (Å²) in [7, 11) is 0. The van der Waals surface area contributed by atoms with Crippen molar-refractivity contribution in [1.82, 2.24) is 5.32 Å². The molecule has 0 heterocycles. The first-order chi connectivity index (χ1) is 9.15. The maximum atomic E-state index is 12.0. The molecule has 2 aliphatic carbocycles. The zero-order valence-electron chi connectivity index (χ0n) is 10.4. The third kappa shape index (κ3) is 2.89. The first kappa shape index (κ1) is 12.5. The van der Waals surface area contributed by atoms with Crippen LogP contribution in [-0.4, -0.2) is 17.9 Å². The van der Waals surface area contributed by atoms with E-state index >= 15 is 0 Å². The predicted molar refractivity (Wildman–Crippen MR) is 72.8 cm³/mol. The number of halogens is 1. The van der Waals surface area contributed by atoms with E-state index in [2.05, 4.69) is 10.6 Å². The van der Waals surface area contributed by atoms with Crippen molar-refractivity contribution in [2.75, 3.05) is 5.32 Å². The van der Waals surface area contributed by atoms with Gasteiger partial charge in [0, 0.05) is 6.04 Å². The molecule has 2 N–H and O–H groups in total. The van der Waals surface area contributed by atoms with Crippen LogP contribution in [0.2, 0.25) is 5.02 Å². The van der Waals surface area contributed by atoms with Crippen LogP contribution in [0.5, 0.6) is 0 Å². The van der Waals surface area contributed by atoms with Crippen LogP contribution in [0, 0.1) is 11.8 Å². The number of amides is 2. The Kier molecular flexibility index (Phi) is 3.19. The number of carbonyl (C=O) groups is 2. The van der Waals surface area contributed by atoms with Crippen LogP contribution in [0.3, 0.4) is 0 Å². The third-order valence-corrected chi connectivity index (χ3v) is 3.85. The summed E-state index contributed by atoms with van der Waals surface area (Å²) in [6, 6.07) is 7.44. The molecule has 2 saturated carbocycles. The second-order valence-electron chi connectivity index (χ2n) is 5.20. The molecule has 2 aliphatic rings. The van der Waals surface area contributed by atoms with Gasteiger partial charge in [0.1, 0.15) is 0 Å². The summed E-state index contributed by atoms with van der Waals surface area (Å²) in [4.78, 5) is 23.8. The van der Waals surface area contributed by atoms with Crippen LogP contribution in [0.15, 0.2) is 24.3 Å². The highest BCUT2D eigenvalue weighted by Crippen LogP contribution is 2.40. The number of anilines is 1. The summed E-state index contributed by atoms with van der Waals surface area (Å²) in [6.07, 6.45) is 2.76. The molecule has 2 amide bonds. The Balaban J connectivity index is 1.54. The van der Waals surface area contributed by atoms with E-state index in [0.717, 1.165) is 12.8 Å². The molecule has 100 valence electrons. The highest BCUT2D eigenvalue weighted by molar-refractivity contribution is 6.33. The molecule has 5 heteroatoms. The standard InChI is InChI=1S/C14H15ClN2O2/c15-11-3-1-2-4-12(11)17-14(19)10-7-9(10)13(18)16-8-5-6-8/h1-4,8-10H,5-7H2,(H,16,18)(H,17,19). The summed E-state index contributed by atoms with van der Waals surface area (Å²) in [5.41, 5.74) is 0.599. The van der Waals surface area contributed by atoms with E-state index < -0.39 is 0 Å². The summed E-state index contributed by atoms with van der Waals surface area (Å²) in [5.74, 6) is -0.482. The molecule has 2 fully saturated rings. The van der Waals surface area contributed by atoms with Crippen LogP contribution < -0.4 is 10.6 Å². The molecule has 4 nitrogen and oxygen atoms in total. The number of hydrogen-bond donors (Lipinski definition) is 2. The van der Waals surface area contributed by atoms with E-state index in [0.29, 0.717) is 23.2 Å². The molecule has 0 aliphatic heterocycles. The zero-order valence-corrected chi connectivity index (χ0v) is 11.1. The molecule has 1 aromatic rings. The molecule has 19 heavy (non-hydrogen) atoms. The zero-order chi connectivity index (χ0) is 13.4. The first-order valence-electron chi connectivity index (χ1n) is 6.51. The second kappa shape index (κ2) is 4.85. The van der Waals surface area contributed by atoms with Gasteiger partial charge in [0.05, 0.1) is 22.5 Å². The SMILES string of the molecule is O=C(Nc1ccccc1Cl)C1CC1C(=O)NC1CC1. The fraction of sp³-hybridized carbons (Fsp3) is 0.429. The highest BCUT2D eigenvalue weighted by atomic mass is 35.5. The molecule has 0 spiro atoms. The molecule has 2 atom stereocenters. The van der Waals surface area contributed by atoms with Gasteiger partial charge in [0.15, 0.2) is 0 Å². The summed E-state index contributed by atoms with van der Waals surface area (Å²) in [6.45, 7) is 0. The summed E-state index contributed by atoms with van der Waals surface area (Å²) in [5, 5.41) is 6.22. The average Bonchev–Trinajstić information content (AvgIpc) is 3.25. The molecule has 0 radical (unpaired) electrons. The Morgan fingerprint density at radius 1 is 1.11 bits per heavy atom. The molecule has 0 bridgehead atoms. The highest BCUT2D eigenvalue weighted by Gasteiger charge is 2.48. The molecule has 1 aromatic carbocycles. The maximum Gasteiger partial charge on any atom is 0.228 e. The Labute approximate surface area is 116 Å². The molecule has 0 saturated heterocycles. The van der Waals surface area contributed by atoms with E-state index in [-0.39, 0.29) is 23.7 Å². The van der Waals surface area contributed by atoms with Gasteiger partial charge in [-0.2, -0.15) is 0 Å². The number of hydrogen-bond acceptors (Lipinski definition) is 2. The Hall–Kier alpha value is -1.55. The lowest BCUT2D eigenvalue weighted by Crippen LogP contribution is -2.29. The second-order valence-corrected chi connectivity index (χ2v) is 5.61. The lowest BCUT2D eigenvalue weighted by atomic mass is 10.2. The van der Waals surface area contributed by atoms with Gasteiger partial charge < -0.3 is 10.6 Å². The maximum absolute atomic E-state index is 12.0.